The van der Waals surface area contributed by atoms with Gasteiger partial charge in [0.2, 0.25) is 11.8 Å². The van der Waals surface area contributed by atoms with Crippen molar-refractivity contribution in [1.29, 1.82) is 0 Å². The molecule has 0 aliphatic carbocycles. The third-order valence-corrected chi connectivity index (χ3v) is 1.57. The Morgan fingerprint density at radius 1 is 1.24 bits per heavy atom. The number of carbonyl (C=O) groups is 2. The maximum atomic E-state index is 11.0. The fourth-order valence-electron chi connectivity index (χ4n) is 0.796. The molecule has 2 N–H and O–H groups in total. The predicted octanol–water partition coefficient (Wildman–Crippen LogP) is 0.749. The van der Waals surface area contributed by atoms with E-state index in [-0.39, 0.29) is 34.3 Å². The normalized spacial score (nSPS) is 8.24. The molecule has 5 nitrogen and oxygen atoms in total. The van der Waals surface area contributed by atoms with E-state index in [1.165, 1.54) is 0 Å². The summed E-state index contributed by atoms with van der Waals surface area (Å²) in [6.07, 6.45) is 0.613. The van der Waals surface area contributed by atoms with Gasteiger partial charge in [0.1, 0.15) is 0 Å². The van der Waals surface area contributed by atoms with Crippen LogP contribution in [0.1, 0.15) is 28.1 Å². The molecule has 0 aromatic carbocycles. The molecule has 0 rings (SSSR count). The predicted molar refractivity (Wildman–Crippen MR) is 65.9 cm³/mol. The van der Waals surface area contributed by atoms with E-state index < -0.39 is 0 Å². The van der Waals surface area contributed by atoms with Crippen LogP contribution in [0.25, 0.3) is 0 Å². The van der Waals surface area contributed by atoms with Crippen LogP contribution < -0.4 is 10.6 Å². The second-order valence-electron chi connectivity index (χ2n) is 2.64. The van der Waals surface area contributed by atoms with Crippen LogP contribution in [0.2, 0.25) is 0 Å². The average Bonchev–Trinajstić information content (AvgIpc) is 2.32. The molecule has 0 fully saturated rings. The molecule has 0 aromatic heterocycles. The molecule has 6 heteroatoms. The molecule has 0 aliphatic heterocycles. The van der Waals surface area contributed by atoms with Gasteiger partial charge in [-0.15, -0.1) is 0 Å². The Labute approximate surface area is 120 Å². The molecule has 2 amide bonds. The van der Waals surface area contributed by atoms with E-state index in [1.54, 1.807) is 7.05 Å². The van der Waals surface area contributed by atoms with Gasteiger partial charge in [-0.1, -0.05) is 20.5 Å². The second-order valence-corrected chi connectivity index (χ2v) is 2.64. The van der Waals surface area contributed by atoms with Crippen molar-refractivity contribution in [2.75, 3.05) is 26.8 Å². The van der Waals surface area contributed by atoms with Crippen molar-refractivity contribution >= 4 is 11.8 Å². The largest absolute Gasteiger partial charge is 0.413 e. The summed E-state index contributed by atoms with van der Waals surface area (Å²) in [7, 11) is 1.56. The molecule has 0 spiro atoms. The Morgan fingerprint density at radius 3 is 2.29 bits per heavy atom. The molecular weight excluding hydrogens is 392 g/mol. The summed E-state index contributed by atoms with van der Waals surface area (Å²) in [6, 6.07) is 0. The van der Waals surface area contributed by atoms with Crippen molar-refractivity contribution in [2.24, 2.45) is 0 Å². The van der Waals surface area contributed by atoms with Gasteiger partial charge in [0.15, 0.2) is 0 Å². The Kier molecular flexibility index (Phi) is 23.1. The van der Waals surface area contributed by atoms with Crippen LogP contribution in [0.4, 0.5) is 0 Å². The van der Waals surface area contributed by atoms with E-state index in [1.807, 2.05) is 13.8 Å². The molecule has 0 heterocycles. The molecule has 0 bridgehead atoms. The van der Waals surface area contributed by atoms with E-state index in [4.69, 9.17) is 4.74 Å². The molecule has 0 saturated heterocycles. The standard InChI is InChI=1S/C9H17N2O3.C2H6.W.H2/c1-3-14-7-5-9(13)11-6-4-8(12)10-2;1-2;;/h1,3-7H2,2H3,(H,10,12)(H,11,13);1-2H3;;1H/q-1;;;. The van der Waals surface area contributed by atoms with Crippen molar-refractivity contribution in [3.63, 3.8) is 0 Å². The number of hydrogen-bond acceptors (Lipinski definition) is 3. The van der Waals surface area contributed by atoms with E-state index in [0.717, 1.165) is 0 Å². The van der Waals surface area contributed by atoms with Gasteiger partial charge in [-0.2, -0.15) is 0 Å². The first-order valence-corrected chi connectivity index (χ1v) is 5.55. The topological polar surface area (TPSA) is 67.4 Å². The minimum absolute atomic E-state index is 0. The maximum Gasteiger partial charge on any atom is 0.222 e. The fraction of sp³-hybridized carbons (Fsp3) is 0.727. The van der Waals surface area contributed by atoms with Gasteiger partial charge in [-0.3, -0.25) is 9.59 Å². The Balaban J connectivity index is -0.000000232. The summed E-state index contributed by atoms with van der Waals surface area (Å²) in [6.45, 7) is 8.57. The van der Waals surface area contributed by atoms with Crippen molar-refractivity contribution in [3.05, 3.63) is 6.92 Å². The van der Waals surface area contributed by atoms with E-state index in [9.17, 15) is 9.59 Å². The van der Waals surface area contributed by atoms with Gasteiger partial charge in [-0.05, 0) is 0 Å². The van der Waals surface area contributed by atoms with E-state index >= 15 is 0 Å². The van der Waals surface area contributed by atoms with Gasteiger partial charge in [0, 0.05) is 48.9 Å². The first kappa shape index (κ1) is 21.8. The SMILES string of the molecule is CC.[CH2-]COCCC(=O)NCCC(=O)NC.[HH].[W]. The second kappa shape index (κ2) is 18.0. The first-order chi connectivity index (χ1) is 7.70. The summed E-state index contributed by atoms with van der Waals surface area (Å²) in [4.78, 5) is 21.8. The molecule has 0 aromatic rings. The summed E-state index contributed by atoms with van der Waals surface area (Å²) >= 11 is 0. The minimum Gasteiger partial charge on any atom is -0.413 e. The minimum atomic E-state index is -0.109. The van der Waals surface area contributed by atoms with E-state index in [0.29, 0.717) is 32.6 Å². The van der Waals surface area contributed by atoms with Crippen molar-refractivity contribution in [1.82, 2.24) is 10.6 Å². The van der Waals surface area contributed by atoms with Gasteiger partial charge >= 0.3 is 0 Å². The van der Waals surface area contributed by atoms with Crippen molar-refractivity contribution < 1.29 is 36.8 Å². The van der Waals surface area contributed by atoms with Gasteiger partial charge in [0.25, 0.3) is 0 Å². The quantitative estimate of drug-likeness (QED) is 0.475. The molecule has 0 radical (unpaired) electrons. The molecular formula is C11H25N2O3W-. The van der Waals surface area contributed by atoms with Crippen LogP contribution in [0.15, 0.2) is 0 Å². The summed E-state index contributed by atoms with van der Waals surface area (Å²) in [5.41, 5.74) is 0. The van der Waals surface area contributed by atoms with Crippen LogP contribution in [-0.4, -0.2) is 38.6 Å². The third kappa shape index (κ3) is 18.2. The van der Waals surface area contributed by atoms with Crippen molar-refractivity contribution in [2.45, 2.75) is 26.7 Å². The molecule has 104 valence electrons. The van der Waals surface area contributed by atoms with E-state index in [2.05, 4.69) is 17.6 Å². The van der Waals surface area contributed by atoms with Crippen LogP contribution in [0.5, 0.6) is 0 Å². The number of carbonyl (C=O) groups excluding carboxylic acids is 2. The van der Waals surface area contributed by atoms with Crippen LogP contribution in [0.3, 0.4) is 0 Å². The molecule has 17 heavy (non-hydrogen) atoms. The van der Waals surface area contributed by atoms with Crippen molar-refractivity contribution in [3.8, 4) is 0 Å². The molecule has 0 atom stereocenters. The monoisotopic (exact) mass is 417 g/mol. The van der Waals surface area contributed by atoms with Gasteiger partial charge in [-0.25, -0.2) is 0 Å². The number of hydrogen-bond donors (Lipinski definition) is 2. The van der Waals surface area contributed by atoms with Gasteiger partial charge < -0.3 is 22.3 Å². The zero-order valence-corrected chi connectivity index (χ0v) is 13.8. The van der Waals surface area contributed by atoms with Gasteiger partial charge in [0.05, 0.1) is 6.61 Å². The zero-order chi connectivity index (χ0) is 12.8. The first-order valence-electron chi connectivity index (χ1n) is 5.55. The summed E-state index contributed by atoms with van der Waals surface area (Å²) in [5, 5.41) is 5.07. The van der Waals surface area contributed by atoms with Crippen LogP contribution in [-0.2, 0) is 35.4 Å². The smallest absolute Gasteiger partial charge is 0.222 e. The molecule has 0 saturated carbocycles. The molecule has 0 unspecified atom stereocenters. The summed E-state index contributed by atoms with van der Waals surface area (Å²) in [5.74, 6) is -0.193. The molecule has 0 aliphatic rings. The average molecular weight is 417 g/mol. The van der Waals surface area contributed by atoms with Crippen LogP contribution >= 0.6 is 0 Å². The number of ether oxygens (including phenoxy) is 1. The zero-order valence-electron chi connectivity index (χ0n) is 10.9. The number of nitrogens with one attached hydrogen (secondary N) is 2. The number of rotatable bonds is 7. The Hall–Kier alpha value is -0.412. The maximum absolute atomic E-state index is 11.0. The number of amides is 2. The third-order valence-electron chi connectivity index (χ3n) is 1.57. The Morgan fingerprint density at radius 2 is 1.82 bits per heavy atom. The van der Waals surface area contributed by atoms with Crippen LogP contribution in [0, 0.1) is 6.92 Å². The summed E-state index contributed by atoms with van der Waals surface area (Å²) < 4.78 is 4.90. The fourth-order valence-corrected chi connectivity index (χ4v) is 0.796. The Bertz CT molecular complexity index is 195.